The van der Waals surface area contributed by atoms with Crippen molar-refractivity contribution in [2.75, 3.05) is 26.9 Å². The van der Waals surface area contributed by atoms with Gasteiger partial charge < -0.3 is 19.3 Å². The van der Waals surface area contributed by atoms with Crippen LogP contribution in [0.15, 0.2) is 24.3 Å². The van der Waals surface area contributed by atoms with Gasteiger partial charge in [0.1, 0.15) is 11.9 Å². The maximum Gasteiger partial charge on any atom is 0.119 e. The summed E-state index contributed by atoms with van der Waals surface area (Å²) in [5.74, 6) is 0.748. The minimum absolute atomic E-state index is 0.207. The minimum Gasteiger partial charge on any atom is -0.497 e. The number of ether oxygens (including phenoxy) is 3. The van der Waals surface area contributed by atoms with Gasteiger partial charge in [0.25, 0.3) is 0 Å². The molecule has 1 N–H and O–H groups in total. The van der Waals surface area contributed by atoms with Crippen molar-refractivity contribution in [2.45, 2.75) is 25.0 Å². The van der Waals surface area contributed by atoms with Crippen molar-refractivity contribution in [1.82, 2.24) is 0 Å². The van der Waals surface area contributed by atoms with Gasteiger partial charge in [-0.1, -0.05) is 12.1 Å². The van der Waals surface area contributed by atoms with E-state index in [0.717, 1.165) is 37.4 Å². The van der Waals surface area contributed by atoms with Crippen molar-refractivity contribution >= 4 is 0 Å². The molecule has 1 unspecified atom stereocenters. The molecule has 0 spiro atoms. The molecule has 0 bridgehead atoms. The molecule has 0 radical (unpaired) electrons. The Labute approximate surface area is 107 Å². The summed E-state index contributed by atoms with van der Waals surface area (Å²) >= 11 is 0. The van der Waals surface area contributed by atoms with E-state index >= 15 is 0 Å². The molecule has 0 aliphatic carbocycles. The van der Waals surface area contributed by atoms with Crippen LogP contribution in [0.1, 0.15) is 24.5 Å². The van der Waals surface area contributed by atoms with Crippen LogP contribution in [0.25, 0.3) is 0 Å². The SMILES string of the molecule is COc1cccc(C(O)COC2CCOCC2)c1. The van der Waals surface area contributed by atoms with E-state index in [2.05, 4.69) is 0 Å². The van der Waals surface area contributed by atoms with Crippen LogP contribution in [0.3, 0.4) is 0 Å². The summed E-state index contributed by atoms with van der Waals surface area (Å²) in [6.45, 7) is 1.82. The molecule has 2 rings (SSSR count). The monoisotopic (exact) mass is 252 g/mol. The van der Waals surface area contributed by atoms with Crippen molar-refractivity contribution in [3.05, 3.63) is 29.8 Å². The largest absolute Gasteiger partial charge is 0.497 e. The number of benzene rings is 1. The van der Waals surface area contributed by atoms with Gasteiger partial charge in [0.15, 0.2) is 0 Å². The van der Waals surface area contributed by atoms with E-state index in [9.17, 15) is 5.11 Å². The molecule has 1 fully saturated rings. The number of rotatable bonds is 5. The Morgan fingerprint density at radius 2 is 2.17 bits per heavy atom. The van der Waals surface area contributed by atoms with E-state index in [1.807, 2.05) is 24.3 Å². The maximum absolute atomic E-state index is 10.1. The summed E-state index contributed by atoms with van der Waals surface area (Å²) in [7, 11) is 1.62. The molecule has 100 valence electrons. The van der Waals surface area contributed by atoms with Gasteiger partial charge in [0, 0.05) is 13.2 Å². The van der Waals surface area contributed by atoms with Gasteiger partial charge in [-0.05, 0) is 30.5 Å². The summed E-state index contributed by atoms with van der Waals surface area (Å²) < 4.78 is 16.1. The lowest BCUT2D eigenvalue weighted by Gasteiger charge is -2.23. The predicted molar refractivity (Wildman–Crippen MR) is 67.7 cm³/mol. The number of hydrogen-bond acceptors (Lipinski definition) is 4. The van der Waals surface area contributed by atoms with Gasteiger partial charge in [-0.25, -0.2) is 0 Å². The Morgan fingerprint density at radius 1 is 1.39 bits per heavy atom. The third-order valence-electron chi connectivity index (χ3n) is 3.14. The van der Waals surface area contributed by atoms with E-state index in [4.69, 9.17) is 14.2 Å². The summed E-state index contributed by atoms with van der Waals surface area (Å²) in [5.41, 5.74) is 0.821. The van der Waals surface area contributed by atoms with E-state index < -0.39 is 6.10 Å². The first-order valence-electron chi connectivity index (χ1n) is 6.31. The maximum atomic E-state index is 10.1. The summed E-state index contributed by atoms with van der Waals surface area (Å²) in [4.78, 5) is 0. The molecule has 0 amide bonds. The number of aliphatic hydroxyl groups is 1. The van der Waals surface area contributed by atoms with Gasteiger partial charge in [0.2, 0.25) is 0 Å². The Balaban J connectivity index is 1.84. The Hall–Kier alpha value is -1.10. The van der Waals surface area contributed by atoms with Crippen LogP contribution in [-0.2, 0) is 9.47 Å². The van der Waals surface area contributed by atoms with E-state index in [1.54, 1.807) is 7.11 Å². The zero-order valence-corrected chi connectivity index (χ0v) is 10.7. The average molecular weight is 252 g/mol. The second kappa shape index (κ2) is 6.73. The number of methoxy groups -OCH3 is 1. The third kappa shape index (κ3) is 3.70. The van der Waals surface area contributed by atoms with Crippen LogP contribution < -0.4 is 4.74 Å². The molecule has 1 aromatic carbocycles. The molecule has 1 aliphatic rings. The fourth-order valence-corrected chi connectivity index (χ4v) is 2.01. The van der Waals surface area contributed by atoms with E-state index in [-0.39, 0.29) is 6.10 Å². The molecule has 4 nitrogen and oxygen atoms in total. The number of hydrogen-bond donors (Lipinski definition) is 1. The van der Waals surface area contributed by atoms with Crippen LogP contribution in [0.5, 0.6) is 5.75 Å². The lowest BCUT2D eigenvalue weighted by molar-refractivity contribution is -0.0598. The fourth-order valence-electron chi connectivity index (χ4n) is 2.01. The lowest BCUT2D eigenvalue weighted by atomic mass is 10.1. The Bertz CT molecular complexity index is 361. The van der Waals surface area contributed by atoms with Gasteiger partial charge in [-0.3, -0.25) is 0 Å². The molecule has 1 saturated heterocycles. The molecule has 1 aliphatic heterocycles. The van der Waals surface area contributed by atoms with Crippen LogP contribution in [0.2, 0.25) is 0 Å². The smallest absolute Gasteiger partial charge is 0.119 e. The first-order valence-corrected chi connectivity index (χ1v) is 6.31. The highest BCUT2D eigenvalue weighted by molar-refractivity contribution is 5.29. The van der Waals surface area contributed by atoms with Crippen molar-refractivity contribution in [3.8, 4) is 5.75 Å². The number of aliphatic hydroxyl groups excluding tert-OH is 1. The van der Waals surface area contributed by atoms with E-state index in [0.29, 0.717) is 6.61 Å². The highest BCUT2D eigenvalue weighted by Crippen LogP contribution is 2.20. The molecular weight excluding hydrogens is 232 g/mol. The molecule has 18 heavy (non-hydrogen) atoms. The predicted octanol–water partition coefficient (Wildman–Crippen LogP) is 1.92. The van der Waals surface area contributed by atoms with Gasteiger partial charge in [0.05, 0.1) is 19.8 Å². The first-order chi connectivity index (χ1) is 8.79. The Morgan fingerprint density at radius 3 is 2.89 bits per heavy atom. The summed E-state index contributed by atoms with van der Waals surface area (Å²) in [6, 6.07) is 7.43. The van der Waals surface area contributed by atoms with Gasteiger partial charge >= 0.3 is 0 Å². The highest BCUT2D eigenvalue weighted by atomic mass is 16.5. The molecule has 1 atom stereocenters. The van der Waals surface area contributed by atoms with Crippen molar-refractivity contribution < 1.29 is 19.3 Å². The third-order valence-corrected chi connectivity index (χ3v) is 3.14. The second-order valence-corrected chi connectivity index (χ2v) is 4.44. The standard InChI is InChI=1S/C14H20O4/c1-16-13-4-2-3-11(9-13)14(15)10-18-12-5-7-17-8-6-12/h2-4,9,12,14-15H,5-8,10H2,1H3. The second-order valence-electron chi connectivity index (χ2n) is 4.44. The topological polar surface area (TPSA) is 47.9 Å². The highest BCUT2D eigenvalue weighted by Gasteiger charge is 2.16. The fraction of sp³-hybridized carbons (Fsp3) is 0.571. The zero-order chi connectivity index (χ0) is 12.8. The van der Waals surface area contributed by atoms with Crippen LogP contribution in [0.4, 0.5) is 0 Å². The van der Waals surface area contributed by atoms with Crippen LogP contribution >= 0.6 is 0 Å². The van der Waals surface area contributed by atoms with Gasteiger partial charge in [-0.15, -0.1) is 0 Å². The minimum atomic E-state index is -0.608. The van der Waals surface area contributed by atoms with Crippen molar-refractivity contribution in [2.24, 2.45) is 0 Å². The quantitative estimate of drug-likeness (QED) is 0.869. The molecule has 4 heteroatoms. The molecule has 0 aromatic heterocycles. The molecular formula is C14H20O4. The normalized spacial score (nSPS) is 18.6. The zero-order valence-electron chi connectivity index (χ0n) is 10.7. The first kappa shape index (κ1) is 13.3. The van der Waals surface area contributed by atoms with Gasteiger partial charge in [-0.2, -0.15) is 0 Å². The van der Waals surface area contributed by atoms with Crippen LogP contribution in [0, 0.1) is 0 Å². The van der Waals surface area contributed by atoms with Crippen LogP contribution in [-0.4, -0.2) is 38.1 Å². The van der Waals surface area contributed by atoms with E-state index in [1.165, 1.54) is 0 Å². The summed E-state index contributed by atoms with van der Waals surface area (Å²) in [6.07, 6.45) is 1.41. The van der Waals surface area contributed by atoms with Crippen molar-refractivity contribution in [3.63, 3.8) is 0 Å². The molecule has 1 aromatic rings. The lowest BCUT2D eigenvalue weighted by Crippen LogP contribution is -2.25. The summed E-state index contributed by atoms with van der Waals surface area (Å²) in [5, 5.41) is 10.1. The Kier molecular flexibility index (Phi) is 4.99. The van der Waals surface area contributed by atoms with Crippen molar-refractivity contribution in [1.29, 1.82) is 0 Å². The molecule has 1 heterocycles. The molecule has 0 saturated carbocycles. The average Bonchev–Trinajstić information content (AvgIpc) is 2.46.